The molecule has 1 aliphatic rings. The second kappa shape index (κ2) is 9.72. The number of hydrogen-bond donors (Lipinski definition) is 2. The molecule has 0 radical (unpaired) electrons. The van der Waals surface area contributed by atoms with Gasteiger partial charge in [-0.3, -0.25) is 19.8 Å². The zero-order valence-electron chi connectivity index (χ0n) is 16.8. The number of nitriles is 1. The SMILES string of the molecule is CCOc1cc(C=C2C(=O)NC(=S)N(c3cccc(C(=O)O)c3)C2=O)ccc1OCC#N. The second-order valence-corrected chi connectivity index (χ2v) is 6.79. The number of hydrogen-bond acceptors (Lipinski definition) is 7. The van der Waals surface area contributed by atoms with E-state index in [0.717, 1.165) is 4.90 Å². The number of aromatic carboxylic acids is 1. The Balaban J connectivity index is 1.99. The van der Waals surface area contributed by atoms with Crippen LogP contribution in [0.5, 0.6) is 11.5 Å². The number of rotatable bonds is 7. The van der Waals surface area contributed by atoms with Crippen molar-refractivity contribution < 1.29 is 29.0 Å². The van der Waals surface area contributed by atoms with Gasteiger partial charge in [-0.05, 0) is 61.1 Å². The number of amides is 2. The van der Waals surface area contributed by atoms with Crippen molar-refractivity contribution in [3.63, 3.8) is 0 Å². The molecule has 0 unspecified atom stereocenters. The van der Waals surface area contributed by atoms with Gasteiger partial charge in [-0.2, -0.15) is 5.26 Å². The molecule has 9 nitrogen and oxygen atoms in total. The third kappa shape index (κ3) is 4.74. The first kappa shape index (κ1) is 22.5. The van der Waals surface area contributed by atoms with E-state index >= 15 is 0 Å². The molecule has 0 bridgehead atoms. The van der Waals surface area contributed by atoms with Crippen LogP contribution in [0.1, 0.15) is 22.8 Å². The van der Waals surface area contributed by atoms with E-state index in [2.05, 4.69) is 5.32 Å². The molecule has 3 rings (SSSR count). The van der Waals surface area contributed by atoms with Gasteiger partial charge in [0.25, 0.3) is 11.8 Å². The monoisotopic (exact) mass is 451 g/mol. The molecule has 32 heavy (non-hydrogen) atoms. The maximum absolute atomic E-state index is 13.1. The van der Waals surface area contributed by atoms with E-state index in [-0.39, 0.29) is 28.5 Å². The van der Waals surface area contributed by atoms with Crippen molar-refractivity contribution in [2.24, 2.45) is 0 Å². The number of nitrogens with zero attached hydrogens (tertiary/aromatic N) is 2. The maximum atomic E-state index is 13.1. The Labute approximate surface area is 188 Å². The Hall–Kier alpha value is -4.23. The van der Waals surface area contributed by atoms with Crippen LogP contribution in [0.3, 0.4) is 0 Å². The van der Waals surface area contributed by atoms with Gasteiger partial charge in [-0.25, -0.2) is 4.79 Å². The number of benzene rings is 2. The highest BCUT2D eigenvalue weighted by atomic mass is 32.1. The zero-order valence-corrected chi connectivity index (χ0v) is 17.6. The molecule has 1 heterocycles. The molecule has 0 aliphatic carbocycles. The van der Waals surface area contributed by atoms with Gasteiger partial charge >= 0.3 is 5.97 Å². The van der Waals surface area contributed by atoms with E-state index < -0.39 is 17.8 Å². The van der Waals surface area contributed by atoms with Gasteiger partial charge < -0.3 is 14.6 Å². The van der Waals surface area contributed by atoms with Crippen LogP contribution >= 0.6 is 12.2 Å². The van der Waals surface area contributed by atoms with Gasteiger partial charge in [0.15, 0.2) is 23.2 Å². The topological polar surface area (TPSA) is 129 Å². The molecule has 1 saturated heterocycles. The molecule has 10 heteroatoms. The van der Waals surface area contributed by atoms with Crippen LogP contribution in [0.25, 0.3) is 6.08 Å². The quantitative estimate of drug-likeness (QED) is 0.373. The molecular weight excluding hydrogens is 434 g/mol. The smallest absolute Gasteiger partial charge is 0.335 e. The third-order valence-corrected chi connectivity index (χ3v) is 4.61. The van der Waals surface area contributed by atoms with Crippen molar-refractivity contribution in [3.8, 4) is 17.6 Å². The van der Waals surface area contributed by atoms with E-state index in [1.165, 1.54) is 30.3 Å². The summed E-state index contributed by atoms with van der Waals surface area (Å²) in [5, 5.41) is 20.2. The molecular formula is C22H17N3O6S. The molecule has 0 atom stereocenters. The summed E-state index contributed by atoms with van der Waals surface area (Å²) in [5.74, 6) is -1.85. The van der Waals surface area contributed by atoms with E-state index in [1.807, 2.05) is 6.07 Å². The van der Waals surface area contributed by atoms with Gasteiger partial charge in [0.05, 0.1) is 17.9 Å². The zero-order chi connectivity index (χ0) is 23.3. The molecule has 1 fully saturated rings. The molecule has 162 valence electrons. The first-order chi connectivity index (χ1) is 15.3. The fraction of sp³-hybridized carbons (Fsp3) is 0.136. The van der Waals surface area contributed by atoms with Crippen molar-refractivity contribution >= 4 is 46.9 Å². The predicted octanol–water partition coefficient (Wildman–Crippen LogP) is 2.52. The van der Waals surface area contributed by atoms with E-state index in [0.29, 0.717) is 23.7 Å². The van der Waals surface area contributed by atoms with Gasteiger partial charge in [0.2, 0.25) is 0 Å². The summed E-state index contributed by atoms with van der Waals surface area (Å²) in [6.07, 6.45) is 1.37. The van der Waals surface area contributed by atoms with Crippen LogP contribution in [-0.2, 0) is 9.59 Å². The minimum absolute atomic E-state index is 0.0326. The predicted molar refractivity (Wildman–Crippen MR) is 118 cm³/mol. The fourth-order valence-corrected chi connectivity index (χ4v) is 3.23. The summed E-state index contributed by atoms with van der Waals surface area (Å²) >= 11 is 5.14. The Morgan fingerprint density at radius 2 is 2.00 bits per heavy atom. The van der Waals surface area contributed by atoms with Crippen LogP contribution in [0.15, 0.2) is 48.0 Å². The first-order valence-electron chi connectivity index (χ1n) is 9.37. The van der Waals surface area contributed by atoms with E-state index in [9.17, 15) is 19.5 Å². The fourth-order valence-electron chi connectivity index (χ4n) is 2.95. The van der Waals surface area contributed by atoms with Crippen LogP contribution in [0, 0.1) is 11.3 Å². The van der Waals surface area contributed by atoms with E-state index in [4.69, 9.17) is 27.0 Å². The van der Waals surface area contributed by atoms with Crippen LogP contribution in [-0.4, -0.2) is 41.2 Å². The number of carbonyl (C=O) groups excluding carboxylic acids is 2. The molecule has 0 saturated carbocycles. The molecule has 2 N–H and O–H groups in total. The highest BCUT2D eigenvalue weighted by Crippen LogP contribution is 2.30. The lowest BCUT2D eigenvalue weighted by molar-refractivity contribution is -0.122. The molecule has 2 aromatic rings. The second-order valence-electron chi connectivity index (χ2n) is 6.40. The first-order valence-corrected chi connectivity index (χ1v) is 9.78. The Morgan fingerprint density at radius 1 is 1.22 bits per heavy atom. The Kier molecular flexibility index (Phi) is 6.82. The number of carbonyl (C=O) groups is 3. The summed E-state index contributed by atoms with van der Waals surface area (Å²) in [4.78, 5) is 37.9. The molecule has 0 spiro atoms. The Morgan fingerprint density at radius 3 is 2.69 bits per heavy atom. The molecule has 1 aliphatic heterocycles. The van der Waals surface area contributed by atoms with Crippen molar-refractivity contribution in [2.75, 3.05) is 18.1 Å². The highest BCUT2D eigenvalue weighted by molar-refractivity contribution is 7.80. The summed E-state index contributed by atoms with van der Waals surface area (Å²) < 4.78 is 10.8. The van der Waals surface area contributed by atoms with Gasteiger partial charge in [0, 0.05) is 0 Å². The number of nitrogens with one attached hydrogen (secondary N) is 1. The minimum atomic E-state index is -1.16. The minimum Gasteiger partial charge on any atom is -0.490 e. The normalized spacial score (nSPS) is 14.7. The van der Waals surface area contributed by atoms with Crippen LogP contribution in [0.4, 0.5) is 5.69 Å². The van der Waals surface area contributed by atoms with Gasteiger partial charge in [-0.15, -0.1) is 0 Å². The average Bonchev–Trinajstić information content (AvgIpc) is 2.76. The largest absolute Gasteiger partial charge is 0.490 e. The number of carboxylic acids is 1. The number of anilines is 1. The van der Waals surface area contributed by atoms with Crippen molar-refractivity contribution in [1.82, 2.24) is 5.32 Å². The van der Waals surface area contributed by atoms with Gasteiger partial charge in [0.1, 0.15) is 11.6 Å². The van der Waals surface area contributed by atoms with Crippen LogP contribution < -0.4 is 19.7 Å². The Bertz CT molecular complexity index is 1180. The highest BCUT2D eigenvalue weighted by Gasteiger charge is 2.34. The summed E-state index contributed by atoms with van der Waals surface area (Å²) in [6, 6.07) is 12.3. The third-order valence-electron chi connectivity index (χ3n) is 4.32. The lowest BCUT2D eigenvalue weighted by Gasteiger charge is -2.29. The number of carboxylic acid groups (broad SMARTS) is 1. The van der Waals surface area contributed by atoms with Gasteiger partial charge in [-0.1, -0.05) is 12.1 Å². The average molecular weight is 451 g/mol. The number of thiocarbonyl (C=S) groups is 1. The maximum Gasteiger partial charge on any atom is 0.335 e. The van der Waals surface area contributed by atoms with Crippen molar-refractivity contribution in [3.05, 3.63) is 59.2 Å². The number of ether oxygens (including phenoxy) is 2. The van der Waals surface area contributed by atoms with E-state index in [1.54, 1.807) is 25.1 Å². The molecule has 0 aromatic heterocycles. The molecule has 2 amide bonds. The van der Waals surface area contributed by atoms with Crippen molar-refractivity contribution in [2.45, 2.75) is 6.92 Å². The summed E-state index contributed by atoms with van der Waals surface area (Å²) in [6.45, 7) is 1.95. The molecule has 2 aromatic carbocycles. The lowest BCUT2D eigenvalue weighted by Crippen LogP contribution is -2.54. The standard InChI is InChI=1S/C22H17N3O6S/c1-2-30-18-11-13(6-7-17(18)31-9-8-23)10-16-19(26)24-22(32)25(20(16)27)15-5-3-4-14(12-15)21(28)29/h3-7,10-12H,2,9H2,1H3,(H,28,29)(H,24,26,32). The lowest BCUT2D eigenvalue weighted by atomic mass is 10.1. The summed E-state index contributed by atoms with van der Waals surface area (Å²) in [5.41, 5.74) is 0.451. The summed E-state index contributed by atoms with van der Waals surface area (Å²) in [7, 11) is 0. The van der Waals surface area contributed by atoms with Crippen molar-refractivity contribution in [1.29, 1.82) is 5.26 Å². The van der Waals surface area contributed by atoms with Crippen LogP contribution in [0.2, 0.25) is 0 Å².